The standard InChI is InChI=1S/C24H16Cl3FN2O3/c25-17-7-5-14(6-8-17)13-33-22-18(26)9-15(10-19(22)27)11-21-23(31)30(24(32)29-21)12-16-3-1-2-4-20(16)28/h1-11H,12-13H2,(H,29,32)/b21-11+. The van der Waals surface area contributed by atoms with Crippen LogP contribution in [0.2, 0.25) is 15.1 Å². The first kappa shape index (κ1) is 23.1. The third-order valence-corrected chi connectivity index (χ3v) is 5.69. The Hall–Kier alpha value is -3.06. The second-order valence-corrected chi connectivity index (χ2v) is 8.45. The van der Waals surface area contributed by atoms with Crippen molar-refractivity contribution in [2.45, 2.75) is 13.2 Å². The van der Waals surface area contributed by atoms with Crippen molar-refractivity contribution < 1.29 is 18.7 Å². The van der Waals surface area contributed by atoms with E-state index in [1.54, 1.807) is 30.3 Å². The molecule has 4 rings (SSSR count). The number of carbonyl (C=O) groups excluding carboxylic acids is 2. The highest BCUT2D eigenvalue weighted by molar-refractivity contribution is 6.37. The van der Waals surface area contributed by atoms with Crippen molar-refractivity contribution >= 4 is 52.8 Å². The Kier molecular flexibility index (Phi) is 6.88. The highest BCUT2D eigenvalue weighted by atomic mass is 35.5. The van der Waals surface area contributed by atoms with Crippen molar-refractivity contribution in [2.24, 2.45) is 0 Å². The molecule has 9 heteroatoms. The highest BCUT2D eigenvalue weighted by Gasteiger charge is 2.34. The largest absolute Gasteiger partial charge is 0.486 e. The van der Waals surface area contributed by atoms with E-state index in [-0.39, 0.29) is 34.5 Å². The summed E-state index contributed by atoms with van der Waals surface area (Å²) in [6.45, 7) is 0.0459. The van der Waals surface area contributed by atoms with Crippen molar-refractivity contribution in [1.29, 1.82) is 0 Å². The molecular formula is C24H16Cl3FN2O3. The van der Waals surface area contributed by atoms with Crippen LogP contribution in [0.4, 0.5) is 9.18 Å². The topological polar surface area (TPSA) is 58.6 Å². The maximum Gasteiger partial charge on any atom is 0.329 e. The Balaban J connectivity index is 1.50. The first-order chi connectivity index (χ1) is 15.8. The maximum absolute atomic E-state index is 13.9. The first-order valence-corrected chi connectivity index (χ1v) is 10.9. The lowest BCUT2D eigenvalue weighted by molar-refractivity contribution is -0.123. The molecule has 0 saturated carbocycles. The van der Waals surface area contributed by atoms with Gasteiger partial charge in [0.25, 0.3) is 5.91 Å². The zero-order valence-electron chi connectivity index (χ0n) is 16.9. The monoisotopic (exact) mass is 504 g/mol. The Labute approximate surface area is 204 Å². The van der Waals surface area contributed by atoms with Crippen LogP contribution in [0.25, 0.3) is 6.08 Å². The lowest BCUT2D eigenvalue weighted by Crippen LogP contribution is -2.30. The van der Waals surface area contributed by atoms with Crippen molar-refractivity contribution in [2.75, 3.05) is 0 Å². The van der Waals surface area contributed by atoms with Crippen LogP contribution in [0.1, 0.15) is 16.7 Å². The summed E-state index contributed by atoms with van der Waals surface area (Å²) in [4.78, 5) is 25.9. The van der Waals surface area contributed by atoms with E-state index in [0.717, 1.165) is 10.5 Å². The van der Waals surface area contributed by atoms with Gasteiger partial charge in [-0.3, -0.25) is 9.69 Å². The molecule has 1 aliphatic rings. The van der Waals surface area contributed by atoms with Crippen molar-refractivity contribution in [1.82, 2.24) is 10.2 Å². The van der Waals surface area contributed by atoms with Crippen LogP contribution in [0.3, 0.4) is 0 Å². The molecule has 0 spiro atoms. The number of amides is 3. The second-order valence-electron chi connectivity index (χ2n) is 7.20. The van der Waals surface area contributed by atoms with Gasteiger partial charge in [-0.2, -0.15) is 0 Å². The van der Waals surface area contributed by atoms with E-state index in [1.807, 2.05) is 12.1 Å². The molecule has 1 fully saturated rings. The van der Waals surface area contributed by atoms with Gasteiger partial charge in [-0.25, -0.2) is 9.18 Å². The SMILES string of the molecule is O=C1N/C(=C/c2cc(Cl)c(OCc3ccc(Cl)cc3)c(Cl)c2)C(=O)N1Cc1ccccc1F. The molecule has 0 unspecified atom stereocenters. The van der Waals surface area contributed by atoms with Crippen molar-refractivity contribution in [3.05, 3.63) is 104 Å². The summed E-state index contributed by atoms with van der Waals surface area (Å²) >= 11 is 18.6. The van der Waals surface area contributed by atoms with Crippen LogP contribution in [-0.4, -0.2) is 16.8 Å². The van der Waals surface area contributed by atoms with E-state index in [0.29, 0.717) is 16.3 Å². The lowest BCUT2D eigenvalue weighted by atomic mass is 10.1. The van der Waals surface area contributed by atoms with Gasteiger partial charge in [0.15, 0.2) is 5.75 Å². The molecule has 33 heavy (non-hydrogen) atoms. The minimum atomic E-state index is -0.644. The van der Waals surface area contributed by atoms with Gasteiger partial charge >= 0.3 is 6.03 Å². The molecule has 1 N–H and O–H groups in total. The Morgan fingerprint density at radius 1 is 0.970 bits per heavy atom. The van der Waals surface area contributed by atoms with Gasteiger partial charge in [0.1, 0.15) is 18.1 Å². The molecule has 0 aliphatic carbocycles. The van der Waals surface area contributed by atoms with E-state index in [4.69, 9.17) is 39.5 Å². The summed E-state index contributed by atoms with van der Waals surface area (Å²) in [5.41, 5.74) is 1.63. The van der Waals surface area contributed by atoms with Crippen LogP contribution in [-0.2, 0) is 17.9 Å². The fourth-order valence-corrected chi connectivity index (χ4v) is 3.95. The molecule has 5 nitrogen and oxygen atoms in total. The molecule has 0 bridgehead atoms. The maximum atomic E-state index is 13.9. The second kappa shape index (κ2) is 9.83. The van der Waals surface area contributed by atoms with E-state index in [9.17, 15) is 14.0 Å². The highest BCUT2D eigenvalue weighted by Crippen LogP contribution is 2.35. The molecule has 1 heterocycles. The minimum Gasteiger partial charge on any atom is -0.486 e. The average molecular weight is 506 g/mol. The number of imide groups is 1. The van der Waals surface area contributed by atoms with Gasteiger partial charge in [-0.05, 0) is 47.5 Å². The zero-order chi connectivity index (χ0) is 23.5. The fraction of sp³-hybridized carbons (Fsp3) is 0.0833. The smallest absolute Gasteiger partial charge is 0.329 e. The van der Waals surface area contributed by atoms with E-state index in [1.165, 1.54) is 24.3 Å². The molecule has 168 valence electrons. The number of hydrogen-bond acceptors (Lipinski definition) is 3. The molecule has 0 aromatic heterocycles. The van der Waals surface area contributed by atoms with Gasteiger partial charge in [-0.15, -0.1) is 0 Å². The quantitative estimate of drug-likeness (QED) is 0.309. The number of ether oxygens (including phenoxy) is 1. The molecule has 3 aromatic carbocycles. The number of rotatable bonds is 6. The van der Waals surface area contributed by atoms with Crippen LogP contribution in [0.15, 0.2) is 66.4 Å². The summed E-state index contributed by atoms with van der Waals surface area (Å²) < 4.78 is 19.7. The number of urea groups is 1. The van der Waals surface area contributed by atoms with Crippen LogP contribution < -0.4 is 10.1 Å². The predicted molar refractivity (Wildman–Crippen MR) is 126 cm³/mol. The number of hydrogen-bond donors (Lipinski definition) is 1. The Bertz CT molecular complexity index is 1240. The molecule has 0 radical (unpaired) electrons. The van der Waals surface area contributed by atoms with E-state index in [2.05, 4.69) is 5.32 Å². The Morgan fingerprint density at radius 2 is 1.64 bits per heavy atom. The number of benzene rings is 3. The molecular weight excluding hydrogens is 490 g/mol. The van der Waals surface area contributed by atoms with Crippen LogP contribution in [0, 0.1) is 5.82 Å². The number of nitrogens with one attached hydrogen (secondary N) is 1. The fourth-order valence-electron chi connectivity index (χ4n) is 3.22. The van der Waals surface area contributed by atoms with E-state index >= 15 is 0 Å². The summed E-state index contributed by atoms with van der Waals surface area (Å²) in [7, 11) is 0. The zero-order valence-corrected chi connectivity index (χ0v) is 19.2. The predicted octanol–water partition coefficient (Wildman–Crippen LogP) is 6.46. The van der Waals surface area contributed by atoms with Gasteiger partial charge < -0.3 is 10.1 Å². The Morgan fingerprint density at radius 3 is 2.30 bits per heavy atom. The summed E-state index contributed by atoms with van der Waals surface area (Å²) in [6.07, 6.45) is 1.45. The molecule has 1 saturated heterocycles. The van der Waals surface area contributed by atoms with Crippen LogP contribution >= 0.6 is 34.8 Å². The van der Waals surface area contributed by atoms with Gasteiger partial charge in [0.2, 0.25) is 0 Å². The number of halogens is 4. The number of nitrogens with zero attached hydrogens (tertiary/aromatic N) is 1. The third-order valence-electron chi connectivity index (χ3n) is 4.88. The first-order valence-electron chi connectivity index (χ1n) is 9.76. The van der Waals surface area contributed by atoms with Crippen molar-refractivity contribution in [3.63, 3.8) is 0 Å². The van der Waals surface area contributed by atoms with Crippen molar-refractivity contribution in [3.8, 4) is 5.75 Å². The minimum absolute atomic E-state index is 0.0262. The molecule has 3 aromatic rings. The summed E-state index contributed by atoms with van der Waals surface area (Å²) in [6, 6.07) is 15.6. The lowest BCUT2D eigenvalue weighted by Gasteiger charge is -2.12. The summed E-state index contributed by atoms with van der Waals surface area (Å²) in [5.74, 6) is -0.791. The molecule has 0 atom stereocenters. The van der Waals surface area contributed by atoms with Gasteiger partial charge in [-0.1, -0.05) is 65.1 Å². The summed E-state index contributed by atoms with van der Waals surface area (Å²) in [5, 5.41) is 3.59. The van der Waals surface area contributed by atoms with Gasteiger partial charge in [0, 0.05) is 10.6 Å². The van der Waals surface area contributed by atoms with E-state index < -0.39 is 17.8 Å². The molecule has 1 aliphatic heterocycles. The third kappa shape index (κ3) is 5.30. The normalized spacial score (nSPS) is 14.7. The number of carbonyl (C=O) groups is 2. The molecule has 3 amide bonds. The average Bonchev–Trinajstić information content (AvgIpc) is 3.03. The van der Waals surface area contributed by atoms with Gasteiger partial charge in [0.05, 0.1) is 16.6 Å². The van der Waals surface area contributed by atoms with Crippen LogP contribution in [0.5, 0.6) is 5.75 Å².